The number of piperazine rings is 1. The molecule has 3 aliphatic heterocycles. The van der Waals surface area contributed by atoms with E-state index < -0.39 is 11.9 Å². The molecule has 1 amide bonds. The van der Waals surface area contributed by atoms with Gasteiger partial charge in [0.15, 0.2) is 0 Å². The van der Waals surface area contributed by atoms with Gasteiger partial charge in [0.1, 0.15) is 11.9 Å². The summed E-state index contributed by atoms with van der Waals surface area (Å²) in [6.45, 7) is 15.5. The van der Waals surface area contributed by atoms with Gasteiger partial charge in [-0.05, 0) is 32.9 Å². The molecule has 39 heavy (non-hydrogen) atoms. The number of nitrogens with zero attached hydrogens (tertiary/aromatic N) is 4. The van der Waals surface area contributed by atoms with Crippen LogP contribution in [0.3, 0.4) is 0 Å². The first kappa shape index (κ1) is 28.1. The van der Waals surface area contributed by atoms with Crippen LogP contribution in [-0.2, 0) is 14.9 Å². The SMILES string of the molecule is C[C@@H]1CN(CC(=O)N2CC(C)(C)c3ncc(C(O)c4ccccc4F)cc32)[C@@H](CN2[C@H](C)COC[C@H]2C)CN1. The number of hydrogen-bond donors (Lipinski definition) is 2. The first-order valence-corrected chi connectivity index (χ1v) is 14.1. The zero-order valence-corrected chi connectivity index (χ0v) is 23.7. The lowest BCUT2D eigenvalue weighted by molar-refractivity contribution is -0.121. The van der Waals surface area contributed by atoms with Crippen LogP contribution in [0.15, 0.2) is 36.5 Å². The van der Waals surface area contributed by atoms with Gasteiger partial charge in [-0.2, -0.15) is 0 Å². The Labute approximate surface area is 231 Å². The molecule has 2 aromatic rings. The fourth-order valence-corrected chi connectivity index (χ4v) is 6.30. The third kappa shape index (κ3) is 5.74. The van der Waals surface area contributed by atoms with Crippen molar-refractivity contribution in [2.75, 3.05) is 50.8 Å². The topological polar surface area (TPSA) is 81.2 Å². The smallest absolute Gasteiger partial charge is 0.241 e. The van der Waals surface area contributed by atoms with E-state index in [0.717, 1.165) is 38.5 Å². The van der Waals surface area contributed by atoms with Gasteiger partial charge in [0.25, 0.3) is 0 Å². The summed E-state index contributed by atoms with van der Waals surface area (Å²) in [4.78, 5) is 25.2. The third-order valence-corrected chi connectivity index (χ3v) is 8.53. The number of ether oxygens (including phenoxy) is 1. The molecule has 9 heteroatoms. The van der Waals surface area contributed by atoms with Gasteiger partial charge >= 0.3 is 0 Å². The second-order valence-electron chi connectivity index (χ2n) is 12.2. The van der Waals surface area contributed by atoms with Gasteiger partial charge in [-0.1, -0.05) is 32.0 Å². The Morgan fingerprint density at radius 3 is 2.67 bits per heavy atom. The minimum absolute atomic E-state index is 0.0170. The number of carbonyl (C=O) groups excluding carboxylic acids is 1. The number of benzene rings is 1. The lowest BCUT2D eigenvalue weighted by Gasteiger charge is -2.46. The number of pyridine rings is 1. The van der Waals surface area contributed by atoms with Gasteiger partial charge in [-0.25, -0.2) is 4.39 Å². The van der Waals surface area contributed by atoms with Gasteiger partial charge in [0.05, 0.1) is 31.1 Å². The molecule has 0 radical (unpaired) electrons. The number of halogens is 1. The highest BCUT2D eigenvalue weighted by molar-refractivity contribution is 5.97. The molecule has 4 heterocycles. The van der Waals surface area contributed by atoms with Crippen molar-refractivity contribution in [3.63, 3.8) is 0 Å². The molecule has 5 rings (SSSR count). The monoisotopic (exact) mass is 539 g/mol. The van der Waals surface area contributed by atoms with Crippen LogP contribution in [0.4, 0.5) is 10.1 Å². The molecule has 0 bridgehead atoms. The highest BCUT2D eigenvalue weighted by Gasteiger charge is 2.41. The van der Waals surface area contributed by atoms with Crippen molar-refractivity contribution in [3.05, 3.63) is 59.2 Å². The summed E-state index contributed by atoms with van der Waals surface area (Å²) in [6, 6.07) is 9.18. The van der Waals surface area contributed by atoms with Crippen molar-refractivity contribution in [3.8, 4) is 0 Å². The van der Waals surface area contributed by atoms with E-state index in [1.165, 1.54) is 6.07 Å². The molecule has 212 valence electrons. The summed E-state index contributed by atoms with van der Waals surface area (Å²) < 4.78 is 20.1. The van der Waals surface area contributed by atoms with Crippen LogP contribution < -0.4 is 10.2 Å². The number of rotatable bonds is 6. The highest BCUT2D eigenvalue weighted by atomic mass is 19.1. The van der Waals surface area contributed by atoms with E-state index in [1.54, 1.807) is 30.5 Å². The number of amides is 1. The Balaban J connectivity index is 1.37. The predicted molar refractivity (Wildman–Crippen MR) is 149 cm³/mol. The molecular weight excluding hydrogens is 497 g/mol. The third-order valence-electron chi connectivity index (χ3n) is 8.53. The van der Waals surface area contributed by atoms with E-state index >= 15 is 0 Å². The van der Waals surface area contributed by atoms with Crippen LogP contribution in [0.5, 0.6) is 0 Å². The summed E-state index contributed by atoms with van der Waals surface area (Å²) in [7, 11) is 0. The van der Waals surface area contributed by atoms with Gasteiger partial charge in [-0.3, -0.25) is 19.6 Å². The summed E-state index contributed by atoms with van der Waals surface area (Å²) in [5, 5.41) is 14.6. The van der Waals surface area contributed by atoms with Gasteiger partial charge < -0.3 is 20.1 Å². The first-order chi connectivity index (χ1) is 18.5. The second kappa shape index (κ2) is 11.2. The summed E-state index contributed by atoms with van der Waals surface area (Å²) in [5.41, 5.74) is 1.85. The minimum Gasteiger partial charge on any atom is -0.383 e. The zero-order chi connectivity index (χ0) is 27.9. The second-order valence-corrected chi connectivity index (χ2v) is 12.2. The largest absolute Gasteiger partial charge is 0.383 e. The number of aliphatic hydroxyl groups is 1. The maximum atomic E-state index is 14.4. The van der Waals surface area contributed by atoms with Crippen LogP contribution in [0.2, 0.25) is 0 Å². The molecule has 1 aromatic heterocycles. The molecule has 2 fully saturated rings. The molecule has 0 saturated carbocycles. The minimum atomic E-state index is -1.17. The van der Waals surface area contributed by atoms with Crippen molar-refractivity contribution in [1.82, 2.24) is 20.1 Å². The number of carbonyl (C=O) groups is 1. The number of hydrogen-bond acceptors (Lipinski definition) is 7. The van der Waals surface area contributed by atoms with E-state index in [2.05, 4.69) is 54.7 Å². The Bertz CT molecular complexity index is 1180. The molecule has 2 saturated heterocycles. The van der Waals surface area contributed by atoms with Crippen LogP contribution in [0.25, 0.3) is 0 Å². The van der Waals surface area contributed by atoms with E-state index in [1.807, 2.05) is 4.90 Å². The van der Waals surface area contributed by atoms with Crippen molar-refractivity contribution in [2.45, 2.75) is 70.3 Å². The fourth-order valence-electron chi connectivity index (χ4n) is 6.30. The number of fused-ring (bicyclic) bond motifs is 1. The Morgan fingerprint density at radius 2 is 1.95 bits per heavy atom. The summed E-state index contributed by atoms with van der Waals surface area (Å²) >= 11 is 0. The predicted octanol–water partition coefficient (Wildman–Crippen LogP) is 2.70. The number of nitrogens with one attached hydrogen (secondary N) is 1. The van der Waals surface area contributed by atoms with Crippen molar-refractivity contribution in [2.24, 2.45) is 0 Å². The van der Waals surface area contributed by atoms with Crippen molar-refractivity contribution in [1.29, 1.82) is 0 Å². The fraction of sp³-hybridized carbons (Fsp3) is 0.600. The molecule has 8 nitrogen and oxygen atoms in total. The molecule has 5 atom stereocenters. The van der Waals surface area contributed by atoms with Crippen LogP contribution in [0.1, 0.15) is 57.5 Å². The highest BCUT2D eigenvalue weighted by Crippen LogP contribution is 2.41. The average Bonchev–Trinajstić information content (AvgIpc) is 3.17. The summed E-state index contributed by atoms with van der Waals surface area (Å²) in [5.74, 6) is -0.454. The first-order valence-electron chi connectivity index (χ1n) is 14.1. The molecule has 1 unspecified atom stereocenters. The Morgan fingerprint density at radius 1 is 1.23 bits per heavy atom. The molecule has 0 spiro atoms. The van der Waals surface area contributed by atoms with Crippen molar-refractivity contribution >= 4 is 11.6 Å². The van der Waals surface area contributed by atoms with E-state index in [0.29, 0.717) is 42.5 Å². The van der Waals surface area contributed by atoms with Crippen LogP contribution >= 0.6 is 0 Å². The van der Waals surface area contributed by atoms with E-state index in [4.69, 9.17) is 4.74 Å². The van der Waals surface area contributed by atoms with E-state index in [9.17, 15) is 14.3 Å². The number of aromatic nitrogens is 1. The lowest BCUT2D eigenvalue weighted by Crippen LogP contribution is -2.63. The van der Waals surface area contributed by atoms with Crippen molar-refractivity contribution < 1.29 is 19.0 Å². The molecule has 3 aliphatic rings. The molecule has 2 N–H and O–H groups in total. The molecule has 0 aliphatic carbocycles. The van der Waals surface area contributed by atoms with Crippen LogP contribution in [-0.4, -0.2) is 95.9 Å². The number of morpholine rings is 1. The maximum absolute atomic E-state index is 14.4. The number of anilines is 1. The summed E-state index contributed by atoms with van der Waals surface area (Å²) in [6.07, 6.45) is 0.435. The zero-order valence-electron chi connectivity index (χ0n) is 23.7. The molecular formula is C30H42FN5O3. The lowest BCUT2D eigenvalue weighted by atomic mass is 9.90. The normalized spacial score (nSPS) is 28.3. The average molecular weight is 540 g/mol. The van der Waals surface area contributed by atoms with Gasteiger partial charge in [0.2, 0.25) is 5.91 Å². The Hall–Kier alpha value is -2.43. The van der Waals surface area contributed by atoms with E-state index in [-0.39, 0.29) is 22.9 Å². The number of aliphatic hydroxyl groups excluding tert-OH is 1. The molecule has 1 aromatic carbocycles. The standard InChI is InChI=1S/C30H42FN5O3/c1-19-13-34(23(12-32-19)14-35-20(2)16-39-17-21(35)3)15-27(37)36-18-30(4,5)29-26(36)10-22(11-33-29)28(38)24-8-6-7-9-25(24)31/h6-11,19-21,23,28,32,38H,12-18H2,1-5H3/t19-,20-,21-,23-,28?/m1/s1. The maximum Gasteiger partial charge on any atom is 0.241 e. The van der Waals surface area contributed by atoms with Crippen LogP contribution in [0, 0.1) is 5.82 Å². The Kier molecular flexibility index (Phi) is 8.08. The van der Waals surface area contributed by atoms with Gasteiger partial charge in [-0.15, -0.1) is 0 Å². The quantitative estimate of drug-likeness (QED) is 0.584. The van der Waals surface area contributed by atoms with Gasteiger partial charge in [0, 0.05) is 73.1 Å².